The van der Waals surface area contributed by atoms with Gasteiger partial charge in [0.15, 0.2) is 0 Å². The van der Waals surface area contributed by atoms with E-state index in [1.807, 2.05) is 12.1 Å². The molecule has 1 fully saturated rings. The van der Waals surface area contributed by atoms with Crippen LogP contribution in [0.4, 0.5) is 17.3 Å². The monoisotopic (exact) mass is 353 g/mol. The highest BCUT2D eigenvalue weighted by Crippen LogP contribution is 2.22. The van der Waals surface area contributed by atoms with E-state index in [2.05, 4.69) is 51.5 Å². The molecule has 1 aliphatic heterocycles. The molecule has 0 spiro atoms. The van der Waals surface area contributed by atoms with Crippen LogP contribution >= 0.6 is 0 Å². The number of piperidine rings is 1. The van der Waals surface area contributed by atoms with E-state index in [1.165, 1.54) is 24.9 Å². The summed E-state index contributed by atoms with van der Waals surface area (Å²) in [4.78, 5) is 23.1. The average Bonchev–Trinajstić information content (AvgIpc) is 2.67. The van der Waals surface area contributed by atoms with Gasteiger partial charge in [0.05, 0.1) is 0 Å². The Hall–Kier alpha value is -2.63. The Kier molecular flexibility index (Phi) is 6.04. The van der Waals surface area contributed by atoms with E-state index in [0.29, 0.717) is 24.1 Å². The third-order valence-corrected chi connectivity index (χ3v) is 4.40. The number of benzene rings is 1. The average molecular weight is 353 g/mol. The van der Waals surface area contributed by atoms with E-state index in [1.54, 1.807) is 12.3 Å². The third kappa shape index (κ3) is 4.94. The molecular weight excluding hydrogens is 326 g/mol. The molecule has 0 atom stereocenters. The van der Waals surface area contributed by atoms with Crippen molar-refractivity contribution in [3.8, 4) is 0 Å². The van der Waals surface area contributed by atoms with Gasteiger partial charge in [0.2, 0.25) is 5.95 Å². The molecule has 2 N–H and O–H groups in total. The summed E-state index contributed by atoms with van der Waals surface area (Å²) in [5.41, 5.74) is 2.52. The number of aromatic nitrogens is 2. The maximum Gasteiger partial charge on any atom is 0.270 e. The second-order valence-electron chi connectivity index (χ2n) is 7.09. The molecule has 1 saturated heterocycles. The molecule has 138 valence electrons. The summed E-state index contributed by atoms with van der Waals surface area (Å²) in [5, 5.41) is 6.04. The molecule has 0 unspecified atom stereocenters. The number of carbonyl (C=O) groups is 1. The van der Waals surface area contributed by atoms with E-state index in [0.717, 1.165) is 18.8 Å². The smallest absolute Gasteiger partial charge is 0.270 e. The van der Waals surface area contributed by atoms with Gasteiger partial charge in [0, 0.05) is 37.2 Å². The Morgan fingerprint density at radius 1 is 1.12 bits per heavy atom. The molecule has 0 radical (unpaired) electrons. The Morgan fingerprint density at radius 2 is 1.85 bits per heavy atom. The van der Waals surface area contributed by atoms with E-state index < -0.39 is 0 Å². The zero-order valence-electron chi connectivity index (χ0n) is 15.5. The quantitative estimate of drug-likeness (QED) is 0.830. The molecule has 3 rings (SSSR count). The summed E-state index contributed by atoms with van der Waals surface area (Å²) in [6.45, 7) is 7.00. The zero-order chi connectivity index (χ0) is 18.4. The lowest BCUT2D eigenvalue weighted by Gasteiger charge is -2.28. The highest BCUT2D eigenvalue weighted by Gasteiger charge is 2.11. The van der Waals surface area contributed by atoms with Gasteiger partial charge in [-0.2, -0.15) is 0 Å². The van der Waals surface area contributed by atoms with E-state index >= 15 is 0 Å². The number of anilines is 3. The van der Waals surface area contributed by atoms with Crippen molar-refractivity contribution in [1.82, 2.24) is 15.3 Å². The number of amides is 1. The van der Waals surface area contributed by atoms with Gasteiger partial charge in [0.1, 0.15) is 5.69 Å². The van der Waals surface area contributed by atoms with Crippen molar-refractivity contribution < 1.29 is 4.79 Å². The normalized spacial score (nSPS) is 14.3. The van der Waals surface area contributed by atoms with Crippen LogP contribution in [0, 0.1) is 5.92 Å². The first-order valence-corrected chi connectivity index (χ1v) is 9.35. The molecule has 6 nitrogen and oxygen atoms in total. The van der Waals surface area contributed by atoms with E-state index in [4.69, 9.17) is 0 Å². The fraction of sp³-hybridized carbons (Fsp3) is 0.450. The van der Waals surface area contributed by atoms with Gasteiger partial charge in [-0.15, -0.1) is 0 Å². The number of nitrogens with zero attached hydrogens (tertiary/aromatic N) is 3. The van der Waals surface area contributed by atoms with Crippen LogP contribution in [0.15, 0.2) is 36.5 Å². The number of hydrogen-bond donors (Lipinski definition) is 2. The van der Waals surface area contributed by atoms with Crippen molar-refractivity contribution in [2.24, 2.45) is 5.92 Å². The number of nitrogens with one attached hydrogen (secondary N) is 2. The van der Waals surface area contributed by atoms with Gasteiger partial charge in [0.25, 0.3) is 5.91 Å². The van der Waals surface area contributed by atoms with Crippen LogP contribution in [0.25, 0.3) is 0 Å². The molecular formula is C20H27N5O. The topological polar surface area (TPSA) is 70.2 Å². The van der Waals surface area contributed by atoms with Crippen LogP contribution in [-0.2, 0) is 0 Å². The van der Waals surface area contributed by atoms with Crippen LogP contribution in [-0.4, -0.2) is 35.5 Å². The van der Waals surface area contributed by atoms with Gasteiger partial charge in [-0.25, -0.2) is 9.97 Å². The van der Waals surface area contributed by atoms with Gasteiger partial charge >= 0.3 is 0 Å². The SMILES string of the molecule is CC(C)CNC(=O)c1ccnc(Nc2ccc(N3CCCCC3)cc2)n1. The Morgan fingerprint density at radius 3 is 2.54 bits per heavy atom. The van der Waals surface area contributed by atoms with E-state index in [9.17, 15) is 4.79 Å². The Labute approximate surface area is 155 Å². The Balaban J connectivity index is 1.63. The first-order chi connectivity index (χ1) is 12.6. The Bertz CT molecular complexity index is 723. The second kappa shape index (κ2) is 8.65. The van der Waals surface area contributed by atoms with Gasteiger partial charge < -0.3 is 15.5 Å². The first-order valence-electron chi connectivity index (χ1n) is 9.35. The summed E-state index contributed by atoms with van der Waals surface area (Å²) in [6, 6.07) is 9.91. The molecule has 1 amide bonds. The summed E-state index contributed by atoms with van der Waals surface area (Å²) in [6.07, 6.45) is 5.45. The molecule has 26 heavy (non-hydrogen) atoms. The molecule has 1 aromatic carbocycles. The minimum absolute atomic E-state index is 0.176. The maximum atomic E-state index is 12.1. The van der Waals surface area contributed by atoms with Crippen molar-refractivity contribution in [2.75, 3.05) is 29.9 Å². The fourth-order valence-electron chi connectivity index (χ4n) is 2.97. The first kappa shape index (κ1) is 18.2. The van der Waals surface area contributed by atoms with Crippen molar-refractivity contribution in [2.45, 2.75) is 33.1 Å². The van der Waals surface area contributed by atoms with Crippen molar-refractivity contribution in [3.05, 3.63) is 42.2 Å². The number of carbonyl (C=O) groups excluding carboxylic acids is 1. The molecule has 0 bridgehead atoms. The lowest BCUT2D eigenvalue weighted by atomic mass is 10.1. The van der Waals surface area contributed by atoms with Gasteiger partial charge in [-0.1, -0.05) is 13.8 Å². The summed E-state index contributed by atoms with van der Waals surface area (Å²) < 4.78 is 0. The minimum atomic E-state index is -0.176. The van der Waals surface area contributed by atoms with Gasteiger partial charge in [-0.3, -0.25) is 4.79 Å². The standard InChI is InChI=1S/C20H27N5O/c1-15(2)14-22-19(26)18-10-11-21-20(24-18)23-16-6-8-17(9-7-16)25-12-4-3-5-13-25/h6-11,15H,3-5,12-14H2,1-2H3,(H,22,26)(H,21,23,24). The summed E-state index contributed by atoms with van der Waals surface area (Å²) in [7, 11) is 0. The van der Waals surface area contributed by atoms with Crippen LogP contribution < -0.4 is 15.5 Å². The summed E-state index contributed by atoms with van der Waals surface area (Å²) >= 11 is 0. The molecule has 6 heteroatoms. The van der Waals surface area contributed by atoms with E-state index in [-0.39, 0.29) is 5.91 Å². The predicted molar refractivity (Wildman–Crippen MR) is 105 cm³/mol. The molecule has 2 heterocycles. The lowest BCUT2D eigenvalue weighted by Crippen LogP contribution is -2.29. The van der Waals surface area contributed by atoms with Crippen molar-refractivity contribution in [3.63, 3.8) is 0 Å². The number of hydrogen-bond acceptors (Lipinski definition) is 5. The van der Waals surface area contributed by atoms with Crippen molar-refractivity contribution >= 4 is 23.2 Å². The highest BCUT2D eigenvalue weighted by atomic mass is 16.1. The van der Waals surface area contributed by atoms with Gasteiger partial charge in [-0.05, 0) is 55.5 Å². The van der Waals surface area contributed by atoms with Crippen LogP contribution in [0.1, 0.15) is 43.6 Å². The molecule has 0 aliphatic carbocycles. The second-order valence-corrected chi connectivity index (χ2v) is 7.09. The molecule has 1 aliphatic rings. The third-order valence-electron chi connectivity index (χ3n) is 4.40. The highest BCUT2D eigenvalue weighted by molar-refractivity contribution is 5.92. The van der Waals surface area contributed by atoms with Crippen LogP contribution in [0.3, 0.4) is 0 Å². The fourth-order valence-corrected chi connectivity index (χ4v) is 2.97. The molecule has 0 saturated carbocycles. The van der Waals surface area contributed by atoms with Crippen molar-refractivity contribution in [1.29, 1.82) is 0 Å². The predicted octanol–water partition coefficient (Wildman–Crippen LogP) is 3.60. The zero-order valence-corrected chi connectivity index (χ0v) is 15.5. The number of rotatable bonds is 6. The maximum absolute atomic E-state index is 12.1. The molecule has 1 aromatic heterocycles. The molecule has 2 aromatic rings. The lowest BCUT2D eigenvalue weighted by molar-refractivity contribution is 0.0944. The van der Waals surface area contributed by atoms with Crippen LogP contribution in [0.2, 0.25) is 0 Å². The largest absolute Gasteiger partial charge is 0.372 e. The summed E-state index contributed by atoms with van der Waals surface area (Å²) in [5.74, 6) is 0.648. The minimum Gasteiger partial charge on any atom is -0.372 e. The van der Waals surface area contributed by atoms with Crippen LogP contribution in [0.5, 0.6) is 0 Å².